The molecule has 0 aliphatic carbocycles. The van der Waals surface area contributed by atoms with Crippen molar-refractivity contribution >= 4 is 33.4 Å². The van der Waals surface area contributed by atoms with E-state index in [2.05, 4.69) is 17.4 Å². The number of sulfonamides is 1. The standard InChI is InChI=1S/C20H26N2O3S2/c1-15-5-8-18(9-6-15)26-12-11-21-20(23)14-22(27(4,24)25)19-10-7-16(2)13-17(19)3/h5-10,13H,11-12,14H2,1-4H3,(H,21,23). The molecule has 146 valence electrons. The van der Waals surface area contributed by atoms with Gasteiger partial charge in [-0.15, -0.1) is 11.8 Å². The molecule has 0 aliphatic rings. The zero-order valence-corrected chi connectivity index (χ0v) is 17.8. The Morgan fingerprint density at radius 3 is 2.26 bits per heavy atom. The molecule has 0 fully saturated rings. The first-order chi connectivity index (χ1) is 12.7. The number of carbonyl (C=O) groups excluding carboxylic acids is 1. The van der Waals surface area contributed by atoms with E-state index < -0.39 is 10.0 Å². The maximum atomic E-state index is 12.3. The van der Waals surface area contributed by atoms with Crippen LogP contribution in [0.3, 0.4) is 0 Å². The van der Waals surface area contributed by atoms with Gasteiger partial charge in [-0.05, 0) is 44.5 Å². The van der Waals surface area contributed by atoms with Crippen molar-refractivity contribution in [3.63, 3.8) is 0 Å². The summed E-state index contributed by atoms with van der Waals surface area (Å²) in [7, 11) is -3.56. The summed E-state index contributed by atoms with van der Waals surface area (Å²) in [4.78, 5) is 13.4. The third-order valence-corrected chi connectivity index (χ3v) is 6.16. The summed E-state index contributed by atoms with van der Waals surface area (Å²) < 4.78 is 25.5. The first kappa shape index (κ1) is 21.3. The van der Waals surface area contributed by atoms with Crippen molar-refractivity contribution in [1.82, 2.24) is 5.32 Å². The van der Waals surface area contributed by atoms with Gasteiger partial charge in [0.2, 0.25) is 15.9 Å². The van der Waals surface area contributed by atoms with E-state index in [0.717, 1.165) is 32.3 Å². The molecule has 7 heteroatoms. The van der Waals surface area contributed by atoms with Gasteiger partial charge in [-0.3, -0.25) is 9.10 Å². The number of rotatable bonds is 8. The highest BCUT2D eigenvalue weighted by Crippen LogP contribution is 2.23. The van der Waals surface area contributed by atoms with Crippen LogP contribution in [0.15, 0.2) is 47.4 Å². The third kappa shape index (κ3) is 6.59. The molecular formula is C20H26N2O3S2. The van der Waals surface area contributed by atoms with E-state index in [1.165, 1.54) is 5.56 Å². The lowest BCUT2D eigenvalue weighted by Gasteiger charge is -2.24. The van der Waals surface area contributed by atoms with Crippen LogP contribution < -0.4 is 9.62 Å². The van der Waals surface area contributed by atoms with Gasteiger partial charge in [0.25, 0.3) is 0 Å². The van der Waals surface area contributed by atoms with Crippen molar-refractivity contribution in [2.24, 2.45) is 0 Å². The summed E-state index contributed by atoms with van der Waals surface area (Å²) in [5.41, 5.74) is 3.61. The molecule has 0 unspecified atom stereocenters. The summed E-state index contributed by atoms with van der Waals surface area (Å²) in [5.74, 6) is 0.405. The quantitative estimate of drug-likeness (QED) is 0.540. The van der Waals surface area contributed by atoms with Gasteiger partial charge in [0.15, 0.2) is 0 Å². The highest BCUT2D eigenvalue weighted by Gasteiger charge is 2.22. The van der Waals surface area contributed by atoms with Crippen molar-refractivity contribution in [3.8, 4) is 0 Å². The molecule has 1 amide bonds. The van der Waals surface area contributed by atoms with Gasteiger partial charge in [-0.2, -0.15) is 0 Å². The summed E-state index contributed by atoms with van der Waals surface area (Å²) >= 11 is 1.65. The summed E-state index contributed by atoms with van der Waals surface area (Å²) in [5, 5.41) is 2.80. The van der Waals surface area contributed by atoms with Crippen LogP contribution in [-0.2, 0) is 14.8 Å². The molecule has 0 spiro atoms. The minimum atomic E-state index is -3.56. The van der Waals surface area contributed by atoms with Gasteiger partial charge in [0.05, 0.1) is 11.9 Å². The number of carbonyl (C=O) groups is 1. The average molecular weight is 407 g/mol. The zero-order chi connectivity index (χ0) is 20.0. The molecule has 2 aromatic carbocycles. The number of amides is 1. The monoisotopic (exact) mass is 406 g/mol. The van der Waals surface area contributed by atoms with Gasteiger partial charge >= 0.3 is 0 Å². The van der Waals surface area contributed by atoms with E-state index in [4.69, 9.17) is 0 Å². The fourth-order valence-corrected chi connectivity index (χ4v) is 4.33. The molecule has 0 radical (unpaired) electrons. The van der Waals surface area contributed by atoms with Crippen molar-refractivity contribution in [1.29, 1.82) is 0 Å². The predicted molar refractivity (Wildman–Crippen MR) is 113 cm³/mol. The van der Waals surface area contributed by atoms with Gasteiger partial charge in [-0.25, -0.2) is 8.42 Å². The molecule has 0 heterocycles. The molecule has 0 saturated heterocycles. The topological polar surface area (TPSA) is 66.5 Å². The fraction of sp³-hybridized carbons (Fsp3) is 0.350. The summed E-state index contributed by atoms with van der Waals surface area (Å²) in [6.07, 6.45) is 1.12. The van der Waals surface area contributed by atoms with Crippen LogP contribution >= 0.6 is 11.8 Å². The lowest BCUT2D eigenvalue weighted by molar-refractivity contribution is -0.119. The predicted octanol–water partition coefficient (Wildman–Crippen LogP) is 3.29. The second kappa shape index (κ2) is 9.28. The van der Waals surface area contributed by atoms with E-state index in [0.29, 0.717) is 12.2 Å². The smallest absolute Gasteiger partial charge is 0.240 e. The molecule has 5 nitrogen and oxygen atoms in total. The molecule has 0 bridgehead atoms. The van der Waals surface area contributed by atoms with E-state index in [1.807, 2.05) is 45.0 Å². The number of aryl methyl sites for hydroxylation is 3. The first-order valence-electron chi connectivity index (χ1n) is 8.68. The number of hydrogen-bond acceptors (Lipinski definition) is 4. The lowest BCUT2D eigenvalue weighted by Crippen LogP contribution is -2.41. The Hall–Kier alpha value is -1.99. The number of hydrogen-bond donors (Lipinski definition) is 1. The van der Waals surface area contributed by atoms with Crippen LogP contribution in [-0.4, -0.2) is 39.4 Å². The molecule has 0 atom stereocenters. The van der Waals surface area contributed by atoms with E-state index in [9.17, 15) is 13.2 Å². The normalized spacial score (nSPS) is 11.3. The average Bonchev–Trinajstić information content (AvgIpc) is 2.58. The van der Waals surface area contributed by atoms with Crippen LogP contribution in [0.1, 0.15) is 16.7 Å². The Labute approximate surface area is 166 Å². The van der Waals surface area contributed by atoms with Crippen LogP contribution in [0.25, 0.3) is 0 Å². The number of anilines is 1. The van der Waals surface area contributed by atoms with E-state index in [1.54, 1.807) is 17.8 Å². The van der Waals surface area contributed by atoms with Gasteiger partial charge in [0.1, 0.15) is 6.54 Å². The second-order valence-electron chi connectivity index (χ2n) is 6.57. The molecule has 0 aromatic heterocycles. The third-order valence-electron chi connectivity index (χ3n) is 4.02. The molecule has 0 saturated carbocycles. The number of nitrogens with zero attached hydrogens (tertiary/aromatic N) is 1. The molecular weight excluding hydrogens is 380 g/mol. The van der Waals surface area contributed by atoms with Crippen LogP contribution in [0.5, 0.6) is 0 Å². The summed E-state index contributed by atoms with van der Waals surface area (Å²) in [6.45, 7) is 6.08. The minimum absolute atomic E-state index is 0.224. The SMILES string of the molecule is Cc1ccc(SCCNC(=O)CN(c2ccc(C)cc2C)S(C)(=O)=O)cc1. The second-order valence-corrected chi connectivity index (χ2v) is 9.65. The van der Waals surface area contributed by atoms with Crippen molar-refractivity contribution in [3.05, 3.63) is 59.2 Å². The maximum Gasteiger partial charge on any atom is 0.240 e. The Morgan fingerprint density at radius 1 is 1.04 bits per heavy atom. The van der Waals surface area contributed by atoms with Crippen LogP contribution in [0, 0.1) is 20.8 Å². The number of nitrogens with one attached hydrogen (secondary N) is 1. The maximum absolute atomic E-state index is 12.3. The zero-order valence-electron chi connectivity index (χ0n) is 16.2. The van der Waals surface area contributed by atoms with Crippen LogP contribution in [0.4, 0.5) is 5.69 Å². The number of thioether (sulfide) groups is 1. The van der Waals surface area contributed by atoms with Gasteiger partial charge in [0, 0.05) is 17.2 Å². The van der Waals surface area contributed by atoms with Crippen molar-refractivity contribution in [2.45, 2.75) is 25.7 Å². The van der Waals surface area contributed by atoms with Gasteiger partial charge < -0.3 is 5.32 Å². The van der Waals surface area contributed by atoms with Crippen molar-refractivity contribution in [2.75, 3.05) is 29.4 Å². The Kier molecular flexibility index (Phi) is 7.33. The molecule has 27 heavy (non-hydrogen) atoms. The minimum Gasteiger partial charge on any atom is -0.354 e. The molecule has 2 aromatic rings. The highest BCUT2D eigenvalue weighted by molar-refractivity contribution is 7.99. The molecule has 0 aliphatic heterocycles. The Balaban J connectivity index is 1.93. The number of benzene rings is 2. The van der Waals surface area contributed by atoms with Crippen LogP contribution in [0.2, 0.25) is 0 Å². The van der Waals surface area contributed by atoms with E-state index >= 15 is 0 Å². The summed E-state index contributed by atoms with van der Waals surface area (Å²) in [6, 6.07) is 13.7. The largest absolute Gasteiger partial charge is 0.354 e. The molecule has 1 N–H and O–H groups in total. The Bertz CT molecular complexity index is 894. The van der Waals surface area contributed by atoms with E-state index in [-0.39, 0.29) is 12.5 Å². The Morgan fingerprint density at radius 2 is 1.67 bits per heavy atom. The van der Waals surface area contributed by atoms with Gasteiger partial charge in [-0.1, -0.05) is 35.4 Å². The fourth-order valence-electron chi connectivity index (χ4n) is 2.65. The first-order valence-corrected chi connectivity index (χ1v) is 11.5. The van der Waals surface area contributed by atoms with Crippen molar-refractivity contribution < 1.29 is 13.2 Å². The molecule has 2 rings (SSSR count). The lowest BCUT2D eigenvalue weighted by atomic mass is 10.1. The highest BCUT2D eigenvalue weighted by atomic mass is 32.2.